The monoisotopic (exact) mass is 362 g/mol. The molecule has 3 heterocycles. The molecule has 0 bridgehead atoms. The number of benzene rings is 1. The molecule has 4 rings (SSSR count). The molecule has 132 valence electrons. The molecule has 1 fully saturated rings. The Morgan fingerprint density at radius 3 is 2.46 bits per heavy atom. The number of nitrogens with one attached hydrogen (secondary N) is 1. The normalized spacial score (nSPS) is 19.8. The zero-order valence-corrected chi connectivity index (χ0v) is 15.7. The Morgan fingerprint density at radius 2 is 1.77 bits per heavy atom. The third kappa shape index (κ3) is 2.88. The van der Waals surface area contributed by atoms with E-state index in [0.717, 1.165) is 16.5 Å². The minimum atomic E-state index is 0.0171. The summed E-state index contributed by atoms with van der Waals surface area (Å²) in [6.07, 6.45) is 3.95. The molecule has 2 atom stereocenters. The maximum absolute atomic E-state index is 5.68. The second kappa shape index (κ2) is 6.92. The summed E-state index contributed by atoms with van der Waals surface area (Å²) in [7, 11) is 0. The number of nitrogens with zero attached hydrogens (tertiary/aromatic N) is 3. The fraction of sp³-hybridized carbons (Fsp3) is 0.238. The first-order chi connectivity index (χ1) is 12.7. The number of thiocarbonyl (C=S) groups is 1. The summed E-state index contributed by atoms with van der Waals surface area (Å²) in [5, 5.41) is 4.28. The molecule has 0 amide bonds. The summed E-state index contributed by atoms with van der Waals surface area (Å²) >= 11 is 5.68. The second-order valence-electron chi connectivity index (χ2n) is 6.77. The van der Waals surface area contributed by atoms with Gasteiger partial charge in [0.05, 0.1) is 17.8 Å². The van der Waals surface area contributed by atoms with Gasteiger partial charge in [-0.15, -0.1) is 0 Å². The molecule has 1 aromatic carbocycles. The number of rotatable bonds is 4. The maximum atomic E-state index is 5.68. The lowest BCUT2D eigenvalue weighted by molar-refractivity contribution is 0.262. The van der Waals surface area contributed by atoms with Crippen LogP contribution in [0.3, 0.4) is 0 Å². The van der Waals surface area contributed by atoms with Crippen molar-refractivity contribution in [2.45, 2.75) is 32.0 Å². The summed E-state index contributed by atoms with van der Waals surface area (Å²) < 4.78 is 2.24. The van der Waals surface area contributed by atoms with E-state index in [4.69, 9.17) is 12.2 Å². The average Bonchev–Trinajstić information content (AvgIpc) is 3.27. The maximum Gasteiger partial charge on any atom is 0.170 e. The van der Waals surface area contributed by atoms with Gasteiger partial charge in [-0.1, -0.05) is 24.3 Å². The number of pyridine rings is 1. The van der Waals surface area contributed by atoms with Gasteiger partial charge < -0.3 is 14.8 Å². The molecule has 5 heteroatoms. The fourth-order valence-electron chi connectivity index (χ4n) is 3.70. The zero-order valence-electron chi connectivity index (χ0n) is 14.9. The Bertz CT molecular complexity index is 889. The van der Waals surface area contributed by atoms with Crippen LogP contribution in [0.1, 0.15) is 37.3 Å². The zero-order chi connectivity index (χ0) is 18.1. The van der Waals surface area contributed by atoms with Crippen molar-refractivity contribution in [2.75, 3.05) is 0 Å². The van der Waals surface area contributed by atoms with Crippen LogP contribution in [0.25, 0.3) is 5.69 Å². The van der Waals surface area contributed by atoms with E-state index >= 15 is 0 Å². The van der Waals surface area contributed by atoms with Crippen LogP contribution in [0.2, 0.25) is 0 Å². The van der Waals surface area contributed by atoms with Gasteiger partial charge in [-0.05, 0) is 62.5 Å². The Balaban J connectivity index is 1.83. The lowest BCUT2D eigenvalue weighted by Gasteiger charge is -2.31. The SMILES string of the molecule is CC(C)N1C(=S)N[C@H](c2ccccn2)[C@H]1c1cccn1-c1ccccc1. The van der Waals surface area contributed by atoms with Gasteiger partial charge in [-0.2, -0.15) is 0 Å². The van der Waals surface area contributed by atoms with Gasteiger partial charge >= 0.3 is 0 Å². The Labute approximate surface area is 159 Å². The van der Waals surface area contributed by atoms with Crippen molar-refractivity contribution in [1.82, 2.24) is 19.8 Å². The highest BCUT2D eigenvalue weighted by Crippen LogP contribution is 2.40. The standard InChI is InChI=1S/C21H22N4S/c1-15(2)25-20(19(23-21(25)26)17-11-6-7-13-22-17)18-12-8-14-24(18)16-9-4-3-5-10-16/h3-15,19-20H,1-2H3,(H,23,26)/t19-,20-/m1/s1. The molecule has 0 aliphatic carbocycles. The third-order valence-electron chi connectivity index (χ3n) is 4.81. The molecule has 0 spiro atoms. The van der Waals surface area contributed by atoms with Gasteiger partial charge in [-0.3, -0.25) is 4.98 Å². The number of para-hydroxylation sites is 1. The average molecular weight is 363 g/mol. The van der Waals surface area contributed by atoms with Gasteiger partial charge in [-0.25, -0.2) is 0 Å². The van der Waals surface area contributed by atoms with Crippen LogP contribution in [0.5, 0.6) is 0 Å². The van der Waals surface area contributed by atoms with Crippen molar-refractivity contribution >= 4 is 17.3 Å². The van der Waals surface area contributed by atoms with Crippen LogP contribution in [0, 0.1) is 0 Å². The molecule has 0 saturated carbocycles. The molecule has 26 heavy (non-hydrogen) atoms. The van der Waals surface area contributed by atoms with Crippen LogP contribution in [0.15, 0.2) is 73.1 Å². The van der Waals surface area contributed by atoms with Gasteiger partial charge in [0.2, 0.25) is 0 Å². The predicted octanol–water partition coefficient (Wildman–Crippen LogP) is 4.25. The summed E-state index contributed by atoms with van der Waals surface area (Å²) in [6, 6.07) is 21.1. The summed E-state index contributed by atoms with van der Waals surface area (Å²) in [6.45, 7) is 4.36. The number of hydrogen-bond donors (Lipinski definition) is 1. The summed E-state index contributed by atoms with van der Waals surface area (Å²) in [4.78, 5) is 6.87. The molecule has 1 aliphatic rings. The molecule has 1 saturated heterocycles. The van der Waals surface area contributed by atoms with E-state index in [9.17, 15) is 0 Å². The van der Waals surface area contributed by atoms with Crippen molar-refractivity contribution in [3.8, 4) is 5.69 Å². The molecule has 0 unspecified atom stereocenters. The Hall–Kier alpha value is -2.66. The Kier molecular flexibility index (Phi) is 4.47. The third-order valence-corrected chi connectivity index (χ3v) is 5.14. The van der Waals surface area contributed by atoms with Crippen LogP contribution >= 0.6 is 12.2 Å². The molecule has 2 aromatic heterocycles. The van der Waals surface area contributed by atoms with Crippen LogP contribution < -0.4 is 5.32 Å². The van der Waals surface area contributed by atoms with E-state index in [-0.39, 0.29) is 18.1 Å². The largest absolute Gasteiger partial charge is 0.352 e. The van der Waals surface area contributed by atoms with Crippen molar-refractivity contribution in [3.63, 3.8) is 0 Å². The van der Waals surface area contributed by atoms with Crippen molar-refractivity contribution in [3.05, 3.63) is 84.4 Å². The van der Waals surface area contributed by atoms with E-state index in [1.807, 2.05) is 24.4 Å². The van der Waals surface area contributed by atoms with Crippen molar-refractivity contribution in [1.29, 1.82) is 0 Å². The van der Waals surface area contributed by atoms with E-state index < -0.39 is 0 Å². The molecule has 0 radical (unpaired) electrons. The van der Waals surface area contributed by atoms with E-state index in [2.05, 4.69) is 82.3 Å². The van der Waals surface area contributed by atoms with Gasteiger partial charge in [0.25, 0.3) is 0 Å². The number of hydrogen-bond acceptors (Lipinski definition) is 2. The minimum Gasteiger partial charge on any atom is -0.352 e. The minimum absolute atomic E-state index is 0.0171. The topological polar surface area (TPSA) is 33.1 Å². The van der Waals surface area contributed by atoms with Gasteiger partial charge in [0, 0.05) is 29.8 Å². The van der Waals surface area contributed by atoms with Crippen LogP contribution in [-0.4, -0.2) is 25.6 Å². The highest BCUT2D eigenvalue weighted by atomic mass is 32.1. The first-order valence-electron chi connectivity index (χ1n) is 8.89. The Morgan fingerprint density at radius 1 is 1.00 bits per heavy atom. The second-order valence-corrected chi connectivity index (χ2v) is 7.15. The first-order valence-corrected chi connectivity index (χ1v) is 9.30. The highest BCUT2D eigenvalue weighted by molar-refractivity contribution is 7.80. The molecule has 3 aromatic rings. The van der Waals surface area contributed by atoms with Crippen LogP contribution in [0.4, 0.5) is 0 Å². The van der Waals surface area contributed by atoms with Gasteiger partial charge in [0.1, 0.15) is 0 Å². The lowest BCUT2D eigenvalue weighted by Crippen LogP contribution is -2.36. The van der Waals surface area contributed by atoms with E-state index in [0.29, 0.717) is 0 Å². The fourth-order valence-corrected chi connectivity index (χ4v) is 4.15. The first kappa shape index (κ1) is 16.8. The molecule has 1 N–H and O–H groups in total. The number of aromatic nitrogens is 2. The molecular weight excluding hydrogens is 340 g/mol. The predicted molar refractivity (Wildman–Crippen MR) is 108 cm³/mol. The van der Waals surface area contributed by atoms with Crippen molar-refractivity contribution in [2.24, 2.45) is 0 Å². The summed E-state index contributed by atoms with van der Waals surface area (Å²) in [5.41, 5.74) is 3.35. The highest BCUT2D eigenvalue weighted by Gasteiger charge is 2.42. The van der Waals surface area contributed by atoms with Crippen LogP contribution in [-0.2, 0) is 0 Å². The quantitative estimate of drug-likeness (QED) is 0.703. The molecule has 1 aliphatic heterocycles. The van der Waals surface area contributed by atoms with Crippen molar-refractivity contribution < 1.29 is 0 Å². The lowest BCUT2D eigenvalue weighted by atomic mass is 10.0. The molecular formula is C21H22N4S. The summed E-state index contributed by atoms with van der Waals surface area (Å²) in [5.74, 6) is 0. The van der Waals surface area contributed by atoms with E-state index in [1.165, 1.54) is 5.69 Å². The van der Waals surface area contributed by atoms with E-state index in [1.54, 1.807) is 0 Å². The smallest absolute Gasteiger partial charge is 0.170 e. The molecule has 4 nitrogen and oxygen atoms in total. The van der Waals surface area contributed by atoms with Gasteiger partial charge in [0.15, 0.2) is 5.11 Å².